The van der Waals surface area contributed by atoms with E-state index in [2.05, 4.69) is 5.32 Å². The van der Waals surface area contributed by atoms with Crippen LogP contribution in [0.4, 0.5) is 13.2 Å². The van der Waals surface area contributed by atoms with Gasteiger partial charge in [0.2, 0.25) is 6.23 Å². The molecule has 0 aliphatic carbocycles. The first-order valence-corrected chi connectivity index (χ1v) is 11.0. The fraction of sp³-hybridized carbons (Fsp3) is 1.00. The van der Waals surface area contributed by atoms with Crippen molar-refractivity contribution >= 4 is 0 Å². The largest absolute Gasteiger partial charge is 0.427 e. The number of alkyl halides is 3. The third kappa shape index (κ3) is 6.97. The third-order valence-electron chi connectivity index (χ3n) is 5.46. The lowest BCUT2D eigenvalue weighted by atomic mass is 9.88. The van der Waals surface area contributed by atoms with E-state index in [1.165, 1.54) is 0 Å². The van der Waals surface area contributed by atoms with Crippen LogP contribution in [0.5, 0.6) is 0 Å². The van der Waals surface area contributed by atoms with Gasteiger partial charge in [0.05, 0.1) is 58.9 Å². The van der Waals surface area contributed by atoms with Crippen LogP contribution in [-0.4, -0.2) is 113 Å². The number of aliphatic hydroxyl groups is 1. The van der Waals surface area contributed by atoms with Crippen molar-refractivity contribution in [2.24, 2.45) is 0 Å². The second kappa shape index (κ2) is 11.4. The summed E-state index contributed by atoms with van der Waals surface area (Å²) in [5.74, 6) is -1.05. The highest BCUT2D eigenvalue weighted by atomic mass is 19.4. The van der Waals surface area contributed by atoms with Crippen molar-refractivity contribution in [3.05, 3.63) is 0 Å². The van der Waals surface area contributed by atoms with Crippen molar-refractivity contribution < 1.29 is 56.2 Å². The Morgan fingerprint density at radius 3 is 2.18 bits per heavy atom. The predicted molar refractivity (Wildman–Crippen MR) is 105 cm³/mol. The van der Waals surface area contributed by atoms with Gasteiger partial charge in [0.25, 0.3) is 0 Å². The van der Waals surface area contributed by atoms with Crippen LogP contribution in [0.25, 0.3) is 0 Å². The highest BCUT2D eigenvalue weighted by Crippen LogP contribution is 2.46. The maximum absolute atomic E-state index is 12.9. The summed E-state index contributed by atoms with van der Waals surface area (Å²) in [7, 11) is 0. The molecule has 3 aliphatic heterocycles. The third-order valence-corrected chi connectivity index (χ3v) is 5.46. The van der Waals surface area contributed by atoms with Crippen molar-refractivity contribution in [1.82, 2.24) is 5.32 Å². The Balaban J connectivity index is 1.46. The van der Waals surface area contributed by atoms with Crippen LogP contribution in [0.2, 0.25) is 0 Å². The summed E-state index contributed by atoms with van der Waals surface area (Å²) in [5.41, 5.74) is -1.05. The standard InChI is InChI=1S/C20H34F3NO9/c1-4-26-5-6-27-7-8-28-9-10-29-11-19-12-30-16(33-19)13(24-17(25)20(21,22)23)14-15(19)32-18(2,3)31-14/h13-17,24-25H,4-12H2,1-3H3/t13-,14-,15-,16+,17?,19+/m1/s1. The molecule has 3 fully saturated rings. The molecule has 2 N–H and O–H groups in total. The second-order valence-electron chi connectivity index (χ2n) is 8.49. The predicted octanol–water partition coefficient (Wildman–Crippen LogP) is 0.557. The molecule has 33 heavy (non-hydrogen) atoms. The van der Waals surface area contributed by atoms with Crippen molar-refractivity contribution in [1.29, 1.82) is 0 Å². The van der Waals surface area contributed by atoms with Gasteiger partial charge in [0.1, 0.15) is 17.8 Å². The summed E-state index contributed by atoms with van der Waals surface area (Å²) in [6, 6.07) is -1.09. The number of hydrogen-bond donors (Lipinski definition) is 2. The fourth-order valence-electron chi connectivity index (χ4n) is 4.02. The Labute approximate surface area is 190 Å². The van der Waals surface area contributed by atoms with Crippen LogP contribution < -0.4 is 5.32 Å². The fourth-order valence-corrected chi connectivity index (χ4v) is 4.02. The van der Waals surface area contributed by atoms with Gasteiger partial charge in [-0.25, -0.2) is 0 Å². The van der Waals surface area contributed by atoms with E-state index in [-0.39, 0.29) is 19.8 Å². The van der Waals surface area contributed by atoms with Crippen LogP contribution in [0.3, 0.4) is 0 Å². The molecule has 0 spiro atoms. The molecule has 3 aliphatic rings. The number of aliphatic hydroxyl groups excluding tert-OH is 1. The second-order valence-corrected chi connectivity index (χ2v) is 8.49. The molecule has 2 bridgehead atoms. The molecule has 1 unspecified atom stereocenters. The van der Waals surface area contributed by atoms with Crippen LogP contribution in [-0.2, 0) is 37.9 Å². The van der Waals surface area contributed by atoms with Crippen molar-refractivity contribution in [3.8, 4) is 0 Å². The highest BCUT2D eigenvalue weighted by molar-refractivity contribution is 5.10. The van der Waals surface area contributed by atoms with E-state index in [0.29, 0.717) is 39.6 Å². The molecule has 0 aromatic heterocycles. The molecule has 3 heterocycles. The summed E-state index contributed by atoms with van der Waals surface area (Å²) < 4.78 is 83.7. The number of fused-ring (bicyclic) bond motifs is 4. The maximum Gasteiger partial charge on any atom is 0.427 e. The molecule has 194 valence electrons. The van der Waals surface area contributed by atoms with Gasteiger partial charge in [-0.15, -0.1) is 0 Å². The molecular formula is C20H34F3NO9. The molecule has 0 saturated carbocycles. The Morgan fingerprint density at radius 1 is 0.970 bits per heavy atom. The lowest BCUT2D eigenvalue weighted by Crippen LogP contribution is -2.67. The number of hydrogen-bond acceptors (Lipinski definition) is 10. The number of ether oxygens (including phenoxy) is 8. The molecular weight excluding hydrogens is 455 g/mol. The van der Waals surface area contributed by atoms with Crippen LogP contribution in [0.1, 0.15) is 20.8 Å². The summed E-state index contributed by atoms with van der Waals surface area (Å²) in [6.45, 7) is 8.51. The zero-order valence-corrected chi connectivity index (χ0v) is 19.1. The molecule has 3 rings (SSSR count). The molecule has 0 amide bonds. The summed E-state index contributed by atoms with van der Waals surface area (Å²) >= 11 is 0. The molecule has 0 aromatic carbocycles. The van der Waals surface area contributed by atoms with Crippen molar-refractivity contribution in [3.63, 3.8) is 0 Å². The summed E-state index contributed by atoms with van der Waals surface area (Å²) in [5, 5.41) is 11.6. The monoisotopic (exact) mass is 489 g/mol. The van der Waals surface area contributed by atoms with E-state index >= 15 is 0 Å². The van der Waals surface area contributed by atoms with Gasteiger partial charge in [-0.1, -0.05) is 0 Å². The van der Waals surface area contributed by atoms with E-state index in [9.17, 15) is 18.3 Å². The smallest absolute Gasteiger partial charge is 0.379 e. The topological polar surface area (TPSA) is 106 Å². The van der Waals surface area contributed by atoms with E-state index in [0.717, 1.165) is 0 Å². The average molecular weight is 489 g/mol. The van der Waals surface area contributed by atoms with E-state index in [1.807, 2.05) is 6.92 Å². The van der Waals surface area contributed by atoms with Crippen LogP contribution >= 0.6 is 0 Å². The minimum Gasteiger partial charge on any atom is -0.379 e. The van der Waals surface area contributed by atoms with Gasteiger partial charge in [0.15, 0.2) is 12.1 Å². The van der Waals surface area contributed by atoms with Gasteiger partial charge < -0.3 is 43.0 Å². The first-order chi connectivity index (χ1) is 15.6. The first-order valence-electron chi connectivity index (χ1n) is 11.0. The zero-order valence-electron chi connectivity index (χ0n) is 19.1. The van der Waals surface area contributed by atoms with Gasteiger partial charge in [-0.3, -0.25) is 5.32 Å². The quantitative estimate of drug-likeness (QED) is 0.266. The Morgan fingerprint density at radius 2 is 1.58 bits per heavy atom. The van der Waals surface area contributed by atoms with Gasteiger partial charge in [0, 0.05) is 6.61 Å². The zero-order chi connectivity index (χ0) is 24.1. The van der Waals surface area contributed by atoms with E-state index in [4.69, 9.17) is 37.9 Å². The summed E-state index contributed by atoms with van der Waals surface area (Å²) in [4.78, 5) is 0. The number of halogens is 3. The van der Waals surface area contributed by atoms with Gasteiger partial charge >= 0.3 is 6.18 Å². The van der Waals surface area contributed by atoms with Crippen molar-refractivity contribution in [2.75, 3.05) is 59.5 Å². The molecule has 3 saturated heterocycles. The maximum atomic E-state index is 12.9. The Hall–Kier alpha value is -0.610. The SMILES string of the molecule is CCOCCOCCOCCOC[C@@]12CO[C@@H](O1)[C@H](NC(O)C(F)(F)F)[C@H]1OC(C)(C)O[C@H]12. The van der Waals surface area contributed by atoms with Gasteiger partial charge in [-0.2, -0.15) is 13.2 Å². The van der Waals surface area contributed by atoms with Crippen molar-refractivity contribution in [2.45, 2.75) is 69.1 Å². The minimum absolute atomic E-state index is 0.0487. The first kappa shape index (κ1) is 27.0. The average Bonchev–Trinajstić information content (AvgIpc) is 3.28. The Bertz CT molecular complexity index is 612. The molecule has 0 aromatic rings. The molecule has 13 heteroatoms. The lowest BCUT2D eigenvalue weighted by Gasteiger charge is -2.42. The lowest BCUT2D eigenvalue weighted by molar-refractivity contribution is -0.244. The summed E-state index contributed by atoms with van der Waals surface area (Å²) in [6.07, 6.45) is -10.3. The molecule has 10 nitrogen and oxygen atoms in total. The number of nitrogens with one attached hydrogen (secondary N) is 1. The van der Waals surface area contributed by atoms with Gasteiger partial charge in [-0.05, 0) is 20.8 Å². The minimum atomic E-state index is -4.85. The van der Waals surface area contributed by atoms with Crippen LogP contribution in [0, 0.1) is 0 Å². The normalized spacial score (nSPS) is 33.9. The van der Waals surface area contributed by atoms with Crippen LogP contribution in [0.15, 0.2) is 0 Å². The van der Waals surface area contributed by atoms with E-state index in [1.54, 1.807) is 13.8 Å². The number of rotatable bonds is 14. The Kier molecular flexibility index (Phi) is 9.34. The van der Waals surface area contributed by atoms with E-state index < -0.39 is 48.3 Å². The highest BCUT2D eigenvalue weighted by Gasteiger charge is 2.66. The molecule has 6 atom stereocenters. The molecule has 0 radical (unpaired) electrons.